The number of nitriles is 1. The van der Waals surface area contributed by atoms with Gasteiger partial charge in [0.1, 0.15) is 0 Å². The van der Waals surface area contributed by atoms with Crippen LogP contribution in [0.3, 0.4) is 0 Å². The summed E-state index contributed by atoms with van der Waals surface area (Å²) in [4.78, 5) is 1.97. The standard InChI is InChI=1S/C19H18F3N5S/c1-27(11-3-10-23)17-8-6-14(7-9-17)13-24-26-18(28)25-16-5-2-4-15(12-16)19(20,21)22/h2,4-9,12-13H,3,11H2,1H3,(H2,25,26,28)/b24-13-. The van der Waals surface area contributed by atoms with E-state index in [-0.39, 0.29) is 10.8 Å². The van der Waals surface area contributed by atoms with E-state index in [1.165, 1.54) is 12.1 Å². The minimum Gasteiger partial charge on any atom is -0.374 e. The lowest BCUT2D eigenvalue weighted by Gasteiger charge is -2.17. The molecule has 0 atom stereocenters. The number of hydrogen-bond donors (Lipinski definition) is 2. The van der Waals surface area contributed by atoms with Gasteiger partial charge >= 0.3 is 6.18 Å². The summed E-state index contributed by atoms with van der Waals surface area (Å²) in [5.74, 6) is 0. The number of rotatable bonds is 6. The Kier molecular flexibility index (Phi) is 7.35. The molecule has 0 bridgehead atoms. The molecule has 0 fully saturated rings. The molecule has 2 aromatic rings. The summed E-state index contributed by atoms with van der Waals surface area (Å²) < 4.78 is 38.2. The van der Waals surface area contributed by atoms with E-state index < -0.39 is 11.7 Å². The maximum absolute atomic E-state index is 12.7. The van der Waals surface area contributed by atoms with Crippen molar-refractivity contribution in [2.75, 3.05) is 23.8 Å². The van der Waals surface area contributed by atoms with Crippen molar-refractivity contribution in [3.05, 3.63) is 59.7 Å². The minimum atomic E-state index is -4.42. The first-order chi connectivity index (χ1) is 13.3. The highest BCUT2D eigenvalue weighted by molar-refractivity contribution is 7.80. The summed E-state index contributed by atoms with van der Waals surface area (Å²) in [7, 11) is 1.90. The van der Waals surface area contributed by atoms with E-state index in [0.29, 0.717) is 13.0 Å². The van der Waals surface area contributed by atoms with Gasteiger partial charge in [0.2, 0.25) is 0 Å². The summed E-state index contributed by atoms with van der Waals surface area (Å²) in [6, 6.07) is 14.3. The molecule has 0 unspecified atom stereocenters. The lowest BCUT2D eigenvalue weighted by Crippen LogP contribution is -2.24. The van der Waals surface area contributed by atoms with Gasteiger partial charge in [-0.1, -0.05) is 18.2 Å². The van der Waals surface area contributed by atoms with E-state index in [2.05, 4.69) is 21.9 Å². The van der Waals surface area contributed by atoms with Gasteiger partial charge in [0.25, 0.3) is 0 Å². The molecule has 0 radical (unpaired) electrons. The summed E-state index contributed by atoms with van der Waals surface area (Å²) in [6.45, 7) is 0.640. The molecular formula is C19H18F3N5S. The number of benzene rings is 2. The van der Waals surface area contributed by atoms with Gasteiger partial charge < -0.3 is 10.2 Å². The molecule has 0 spiro atoms. The fourth-order valence-electron chi connectivity index (χ4n) is 2.26. The first-order valence-electron chi connectivity index (χ1n) is 8.25. The Morgan fingerprint density at radius 1 is 1.25 bits per heavy atom. The first-order valence-corrected chi connectivity index (χ1v) is 8.66. The van der Waals surface area contributed by atoms with Crippen LogP contribution in [0.15, 0.2) is 53.6 Å². The highest BCUT2D eigenvalue weighted by atomic mass is 32.1. The number of anilines is 2. The van der Waals surface area contributed by atoms with E-state index in [9.17, 15) is 13.2 Å². The van der Waals surface area contributed by atoms with E-state index in [1.54, 1.807) is 6.21 Å². The average Bonchev–Trinajstić information content (AvgIpc) is 2.66. The largest absolute Gasteiger partial charge is 0.416 e. The quantitative estimate of drug-likeness (QED) is 0.424. The maximum Gasteiger partial charge on any atom is 0.416 e. The molecule has 0 aliphatic carbocycles. The van der Waals surface area contributed by atoms with E-state index in [0.717, 1.165) is 23.4 Å². The third kappa shape index (κ3) is 6.55. The highest BCUT2D eigenvalue weighted by Crippen LogP contribution is 2.30. The predicted octanol–water partition coefficient (Wildman–Crippen LogP) is 4.38. The summed E-state index contributed by atoms with van der Waals surface area (Å²) >= 11 is 5.03. The molecular weight excluding hydrogens is 387 g/mol. The van der Waals surface area contributed by atoms with E-state index in [4.69, 9.17) is 17.5 Å². The molecule has 0 aromatic heterocycles. The number of alkyl halides is 3. The molecule has 0 amide bonds. The smallest absolute Gasteiger partial charge is 0.374 e. The van der Waals surface area contributed by atoms with Crippen LogP contribution in [0.2, 0.25) is 0 Å². The van der Waals surface area contributed by atoms with Crippen molar-refractivity contribution in [2.24, 2.45) is 5.10 Å². The zero-order valence-electron chi connectivity index (χ0n) is 15.0. The lowest BCUT2D eigenvalue weighted by molar-refractivity contribution is -0.137. The number of thiocarbonyl (C=S) groups is 1. The molecule has 0 saturated carbocycles. The SMILES string of the molecule is CN(CCC#N)c1ccc(/C=N\NC(=S)Nc2cccc(C(F)(F)F)c2)cc1. The molecule has 146 valence electrons. The van der Waals surface area contributed by atoms with Gasteiger partial charge in [0, 0.05) is 25.0 Å². The fourth-order valence-corrected chi connectivity index (χ4v) is 2.43. The Balaban J connectivity index is 1.89. The molecule has 2 aromatic carbocycles. The lowest BCUT2D eigenvalue weighted by atomic mass is 10.2. The monoisotopic (exact) mass is 405 g/mol. The Labute approximate surface area is 166 Å². The second-order valence-corrected chi connectivity index (χ2v) is 6.23. The second-order valence-electron chi connectivity index (χ2n) is 5.82. The van der Waals surface area contributed by atoms with Crippen LogP contribution in [0, 0.1) is 11.3 Å². The molecule has 5 nitrogen and oxygen atoms in total. The van der Waals surface area contributed by atoms with Crippen molar-refractivity contribution >= 4 is 34.9 Å². The van der Waals surface area contributed by atoms with E-state index >= 15 is 0 Å². The molecule has 0 saturated heterocycles. The van der Waals surface area contributed by atoms with Crippen molar-refractivity contribution < 1.29 is 13.2 Å². The van der Waals surface area contributed by atoms with Gasteiger partial charge in [0.05, 0.1) is 24.3 Å². The number of nitrogens with zero attached hydrogens (tertiary/aromatic N) is 3. The van der Waals surface area contributed by atoms with Crippen LogP contribution in [0.5, 0.6) is 0 Å². The molecule has 9 heteroatoms. The van der Waals surface area contributed by atoms with Gasteiger partial charge in [-0.15, -0.1) is 0 Å². The molecule has 28 heavy (non-hydrogen) atoms. The molecule has 0 heterocycles. The van der Waals surface area contributed by atoms with Crippen molar-refractivity contribution in [1.82, 2.24) is 5.43 Å². The third-order valence-electron chi connectivity index (χ3n) is 3.72. The zero-order chi connectivity index (χ0) is 20.6. The van der Waals surface area contributed by atoms with Crippen LogP contribution in [0.25, 0.3) is 0 Å². The fraction of sp³-hybridized carbons (Fsp3) is 0.211. The normalized spacial score (nSPS) is 11.1. The first kappa shape index (κ1) is 21.2. The van der Waals surface area contributed by atoms with Crippen molar-refractivity contribution in [3.63, 3.8) is 0 Å². The molecule has 2 rings (SSSR count). The van der Waals surface area contributed by atoms with Crippen LogP contribution in [-0.2, 0) is 6.18 Å². The number of halogens is 3. The minimum absolute atomic E-state index is 0.0726. The maximum atomic E-state index is 12.7. The Morgan fingerprint density at radius 3 is 2.61 bits per heavy atom. The van der Waals surface area contributed by atoms with Gasteiger partial charge in [-0.2, -0.15) is 23.5 Å². The van der Waals surface area contributed by atoms with Crippen LogP contribution in [0.1, 0.15) is 17.5 Å². The highest BCUT2D eigenvalue weighted by Gasteiger charge is 2.30. The van der Waals surface area contributed by atoms with Crippen LogP contribution in [-0.4, -0.2) is 24.9 Å². The van der Waals surface area contributed by atoms with Crippen LogP contribution in [0.4, 0.5) is 24.5 Å². The van der Waals surface area contributed by atoms with Gasteiger partial charge in [0.15, 0.2) is 5.11 Å². The topological polar surface area (TPSA) is 63.5 Å². The van der Waals surface area contributed by atoms with Gasteiger partial charge in [-0.25, -0.2) is 0 Å². The average molecular weight is 405 g/mol. The zero-order valence-corrected chi connectivity index (χ0v) is 15.8. The Hall–Kier alpha value is -3.12. The Morgan fingerprint density at radius 2 is 1.96 bits per heavy atom. The predicted molar refractivity (Wildman–Crippen MR) is 108 cm³/mol. The summed E-state index contributed by atoms with van der Waals surface area (Å²) in [5, 5.41) is 15.3. The number of nitrogens with one attached hydrogen (secondary N) is 2. The van der Waals surface area contributed by atoms with Crippen molar-refractivity contribution in [1.29, 1.82) is 5.26 Å². The van der Waals surface area contributed by atoms with Crippen LogP contribution >= 0.6 is 12.2 Å². The number of hydrazone groups is 1. The van der Waals surface area contributed by atoms with Gasteiger partial charge in [-0.05, 0) is 48.1 Å². The second kappa shape index (κ2) is 9.71. The molecule has 0 aliphatic rings. The van der Waals surface area contributed by atoms with Crippen LogP contribution < -0.4 is 15.6 Å². The summed E-state index contributed by atoms with van der Waals surface area (Å²) in [6.07, 6.45) is -2.43. The Bertz CT molecular complexity index is 872. The summed E-state index contributed by atoms with van der Waals surface area (Å²) in [5.41, 5.74) is 3.81. The molecule has 2 N–H and O–H groups in total. The number of hydrogen-bond acceptors (Lipinski definition) is 4. The van der Waals surface area contributed by atoms with Gasteiger partial charge in [-0.3, -0.25) is 5.43 Å². The van der Waals surface area contributed by atoms with Crippen molar-refractivity contribution in [3.8, 4) is 6.07 Å². The molecule has 0 aliphatic heterocycles. The third-order valence-corrected chi connectivity index (χ3v) is 3.91. The van der Waals surface area contributed by atoms with Crippen molar-refractivity contribution in [2.45, 2.75) is 12.6 Å². The van der Waals surface area contributed by atoms with E-state index in [1.807, 2.05) is 36.2 Å².